The van der Waals surface area contributed by atoms with Gasteiger partial charge in [-0.1, -0.05) is 23.2 Å². The number of hydrogen-bond acceptors (Lipinski definition) is 4. The van der Waals surface area contributed by atoms with Gasteiger partial charge in [-0.05, 0) is 24.3 Å². The summed E-state index contributed by atoms with van der Waals surface area (Å²) in [6.45, 7) is 0. The molecule has 19 heavy (non-hydrogen) atoms. The van der Waals surface area contributed by atoms with Gasteiger partial charge in [-0.3, -0.25) is 4.72 Å². The van der Waals surface area contributed by atoms with E-state index in [1.54, 1.807) is 6.07 Å². The summed E-state index contributed by atoms with van der Waals surface area (Å²) in [7, 11) is -3.78. The Morgan fingerprint density at radius 3 is 2.53 bits per heavy atom. The molecule has 0 amide bonds. The van der Waals surface area contributed by atoms with Crippen molar-refractivity contribution in [2.24, 2.45) is 0 Å². The van der Waals surface area contributed by atoms with Crippen LogP contribution < -0.4 is 10.5 Å². The van der Waals surface area contributed by atoms with Crippen molar-refractivity contribution in [3.05, 3.63) is 46.6 Å². The second-order valence-electron chi connectivity index (χ2n) is 3.65. The zero-order valence-corrected chi connectivity index (χ0v) is 11.8. The van der Waals surface area contributed by atoms with Gasteiger partial charge in [0.1, 0.15) is 5.82 Å². The molecule has 1 heterocycles. The van der Waals surface area contributed by atoms with Gasteiger partial charge in [0.15, 0.2) is 0 Å². The fraction of sp³-hybridized carbons (Fsp3) is 0. The second-order valence-corrected chi connectivity index (χ2v) is 6.17. The largest absolute Gasteiger partial charge is 0.397 e. The van der Waals surface area contributed by atoms with Crippen LogP contribution in [0.5, 0.6) is 0 Å². The van der Waals surface area contributed by atoms with Gasteiger partial charge in [-0.2, -0.15) is 0 Å². The molecule has 8 heteroatoms. The van der Waals surface area contributed by atoms with E-state index in [0.717, 1.165) is 0 Å². The van der Waals surface area contributed by atoms with Gasteiger partial charge >= 0.3 is 0 Å². The van der Waals surface area contributed by atoms with E-state index in [1.165, 1.54) is 30.5 Å². The number of rotatable bonds is 3. The van der Waals surface area contributed by atoms with E-state index in [1.807, 2.05) is 0 Å². The molecule has 3 N–H and O–H groups in total. The number of sulfonamides is 1. The summed E-state index contributed by atoms with van der Waals surface area (Å²) in [6.07, 6.45) is 1.40. The van der Waals surface area contributed by atoms with Gasteiger partial charge in [-0.25, -0.2) is 13.4 Å². The normalized spacial score (nSPS) is 11.3. The molecule has 0 saturated carbocycles. The lowest BCUT2D eigenvalue weighted by Gasteiger charge is -2.08. The van der Waals surface area contributed by atoms with Crippen molar-refractivity contribution in [1.29, 1.82) is 0 Å². The highest BCUT2D eigenvalue weighted by Crippen LogP contribution is 2.23. The van der Waals surface area contributed by atoms with Crippen LogP contribution in [-0.4, -0.2) is 13.4 Å². The van der Waals surface area contributed by atoms with Crippen LogP contribution in [0, 0.1) is 0 Å². The average molecular weight is 318 g/mol. The molecule has 0 aliphatic heterocycles. The molecular weight excluding hydrogens is 309 g/mol. The topological polar surface area (TPSA) is 85.1 Å². The maximum absolute atomic E-state index is 12.1. The van der Waals surface area contributed by atoms with Crippen molar-refractivity contribution in [3.8, 4) is 0 Å². The fourth-order valence-electron chi connectivity index (χ4n) is 1.35. The lowest BCUT2D eigenvalue weighted by atomic mass is 10.3. The number of nitrogens with one attached hydrogen (secondary N) is 1. The first kappa shape index (κ1) is 13.9. The highest BCUT2D eigenvalue weighted by Gasteiger charge is 2.16. The van der Waals surface area contributed by atoms with Gasteiger partial charge in [-0.15, -0.1) is 0 Å². The summed E-state index contributed by atoms with van der Waals surface area (Å²) in [5.41, 5.74) is 5.76. The van der Waals surface area contributed by atoms with Gasteiger partial charge in [0.2, 0.25) is 0 Å². The molecule has 0 saturated heterocycles. The first-order valence-corrected chi connectivity index (χ1v) is 7.32. The Labute approximate surface area is 120 Å². The third kappa shape index (κ3) is 3.28. The van der Waals surface area contributed by atoms with Crippen LogP contribution in [0.25, 0.3) is 0 Å². The van der Waals surface area contributed by atoms with E-state index in [4.69, 9.17) is 28.9 Å². The number of halogens is 2. The Morgan fingerprint density at radius 1 is 1.16 bits per heavy atom. The number of nitrogens with two attached hydrogens (primary N) is 1. The Hall–Kier alpha value is -1.50. The van der Waals surface area contributed by atoms with Crippen molar-refractivity contribution in [2.45, 2.75) is 4.90 Å². The molecule has 100 valence electrons. The summed E-state index contributed by atoms with van der Waals surface area (Å²) in [6, 6.07) is 6.98. The predicted molar refractivity (Wildman–Crippen MR) is 75.9 cm³/mol. The minimum Gasteiger partial charge on any atom is -0.397 e. The number of nitrogens with zero attached hydrogens (tertiary/aromatic N) is 1. The Balaban J connectivity index is 2.35. The highest BCUT2D eigenvalue weighted by molar-refractivity contribution is 7.92. The number of hydrogen-bond donors (Lipinski definition) is 2. The van der Waals surface area contributed by atoms with Crippen LogP contribution in [0.4, 0.5) is 11.5 Å². The van der Waals surface area contributed by atoms with Gasteiger partial charge in [0.05, 0.1) is 15.6 Å². The van der Waals surface area contributed by atoms with Gasteiger partial charge < -0.3 is 5.73 Å². The summed E-state index contributed by atoms with van der Waals surface area (Å²) >= 11 is 11.5. The Bertz CT molecular complexity index is 720. The molecule has 0 unspecified atom stereocenters. The first-order chi connectivity index (χ1) is 8.88. The molecule has 0 aliphatic carbocycles. The molecule has 0 radical (unpaired) electrons. The number of anilines is 2. The minimum absolute atomic E-state index is 0.00354. The Morgan fingerprint density at radius 2 is 1.89 bits per heavy atom. The van der Waals surface area contributed by atoms with Crippen molar-refractivity contribution in [3.63, 3.8) is 0 Å². The molecule has 0 aliphatic rings. The highest BCUT2D eigenvalue weighted by atomic mass is 35.5. The standard InChI is InChI=1S/C11H9Cl2N3O2S/c12-7-3-4-15-11(5-7)16-19(17,18)8-1-2-9(13)10(14)6-8/h1-6H,14H2,(H,15,16). The van der Waals surface area contributed by atoms with Crippen LogP contribution in [0.2, 0.25) is 10.0 Å². The molecule has 2 rings (SSSR count). The SMILES string of the molecule is Nc1cc(S(=O)(=O)Nc2cc(Cl)ccn2)ccc1Cl. The molecule has 1 aromatic heterocycles. The van der Waals surface area contributed by atoms with Gasteiger partial charge in [0, 0.05) is 17.3 Å². The Kier molecular flexibility index (Phi) is 3.84. The van der Waals surface area contributed by atoms with Crippen molar-refractivity contribution in [1.82, 2.24) is 4.98 Å². The van der Waals surface area contributed by atoms with Crippen LogP contribution >= 0.6 is 23.2 Å². The smallest absolute Gasteiger partial charge is 0.263 e. The lowest BCUT2D eigenvalue weighted by Crippen LogP contribution is -2.14. The fourth-order valence-corrected chi connectivity index (χ4v) is 2.66. The number of nitrogen functional groups attached to an aromatic ring is 1. The predicted octanol–water partition coefficient (Wildman–Crippen LogP) is 2.77. The van der Waals surface area contributed by atoms with Crippen molar-refractivity contribution in [2.75, 3.05) is 10.5 Å². The average Bonchev–Trinajstić information content (AvgIpc) is 2.32. The molecule has 5 nitrogen and oxygen atoms in total. The molecule has 0 fully saturated rings. The number of benzene rings is 1. The molecular formula is C11H9Cl2N3O2S. The molecule has 0 bridgehead atoms. The molecule has 2 aromatic rings. The third-order valence-electron chi connectivity index (χ3n) is 2.24. The van der Waals surface area contributed by atoms with Crippen LogP contribution in [0.15, 0.2) is 41.4 Å². The molecule has 0 spiro atoms. The minimum atomic E-state index is -3.78. The summed E-state index contributed by atoms with van der Waals surface area (Å²) in [5, 5.41) is 0.670. The zero-order chi connectivity index (χ0) is 14.0. The summed E-state index contributed by atoms with van der Waals surface area (Å²) in [5.74, 6) is 0.126. The molecule has 1 aromatic carbocycles. The number of aromatic nitrogens is 1. The van der Waals surface area contributed by atoms with Gasteiger partial charge in [0.25, 0.3) is 10.0 Å². The zero-order valence-electron chi connectivity index (χ0n) is 9.47. The second kappa shape index (κ2) is 5.24. The number of pyridine rings is 1. The van der Waals surface area contributed by atoms with E-state index in [2.05, 4.69) is 9.71 Å². The van der Waals surface area contributed by atoms with E-state index < -0.39 is 10.0 Å². The van der Waals surface area contributed by atoms with E-state index in [-0.39, 0.29) is 16.4 Å². The summed E-state index contributed by atoms with van der Waals surface area (Å²) in [4.78, 5) is 3.85. The van der Waals surface area contributed by atoms with E-state index in [0.29, 0.717) is 10.0 Å². The molecule has 0 atom stereocenters. The maximum Gasteiger partial charge on any atom is 0.263 e. The van der Waals surface area contributed by atoms with Crippen LogP contribution in [0.1, 0.15) is 0 Å². The van der Waals surface area contributed by atoms with Crippen molar-refractivity contribution >= 4 is 44.7 Å². The van der Waals surface area contributed by atoms with E-state index >= 15 is 0 Å². The maximum atomic E-state index is 12.1. The monoisotopic (exact) mass is 317 g/mol. The summed E-state index contributed by atoms with van der Waals surface area (Å²) < 4.78 is 26.5. The van der Waals surface area contributed by atoms with Crippen LogP contribution in [-0.2, 0) is 10.0 Å². The van der Waals surface area contributed by atoms with E-state index in [9.17, 15) is 8.42 Å². The first-order valence-electron chi connectivity index (χ1n) is 5.08. The lowest BCUT2D eigenvalue weighted by molar-refractivity contribution is 0.601. The van der Waals surface area contributed by atoms with Crippen LogP contribution in [0.3, 0.4) is 0 Å². The quantitative estimate of drug-likeness (QED) is 0.852. The third-order valence-corrected chi connectivity index (χ3v) is 4.17. The van der Waals surface area contributed by atoms with Crippen molar-refractivity contribution < 1.29 is 8.42 Å².